The molecule has 2 aromatic carbocycles. The highest BCUT2D eigenvalue weighted by Gasteiger charge is 2.28. The Morgan fingerprint density at radius 1 is 0.968 bits per heavy atom. The molecule has 0 atom stereocenters. The number of halogens is 1. The first-order chi connectivity index (χ1) is 14.7. The SMILES string of the molecule is CCCCc1ccc(C=C2SC(N3CCN(Cc4ccccc4)CC3)=NC2=O)cc1.Cl. The summed E-state index contributed by atoms with van der Waals surface area (Å²) in [6, 6.07) is 19.1. The number of hydrogen-bond donors (Lipinski definition) is 0. The molecule has 1 amide bonds. The van der Waals surface area contributed by atoms with Crippen molar-refractivity contribution in [2.45, 2.75) is 32.7 Å². The van der Waals surface area contributed by atoms with Crippen molar-refractivity contribution in [2.24, 2.45) is 4.99 Å². The molecule has 0 bridgehead atoms. The molecule has 0 saturated carbocycles. The summed E-state index contributed by atoms with van der Waals surface area (Å²) in [6.45, 7) is 6.98. The van der Waals surface area contributed by atoms with Gasteiger partial charge in [-0.25, -0.2) is 0 Å². The van der Waals surface area contributed by atoms with Gasteiger partial charge in [0.15, 0.2) is 5.17 Å². The zero-order chi connectivity index (χ0) is 20.8. The lowest BCUT2D eigenvalue weighted by Gasteiger charge is -2.35. The Morgan fingerprint density at radius 3 is 2.35 bits per heavy atom. The Bertz CT molecular complexity index is 920. The van der Waals surface area contributed by atoms with Crippen molar-refractivity contribution in [1.82, 2.24) is 9.80 Å². The summed E-state index contributed by atoms with van der Waals surface area (Å²) in [6.07, 6.45) is 5.51. The predicted molar refractivity (Wildman–Crippen MR) is 134 cm³/mol. The van der Waals surface area contributed by atoms with Gasteiger partial charge in [0.2, 0.25) is 0 Å². The fourth-order valence-electron chi connectivity index (χ4n) is 3.78. The van der Waals surface area contributed by atoms with E-state index in [9.17, 15) is 4.79 Å². The summed E-state index contributed by atoms with van der Waals surface area (Å²) in [4.78, 5) is 22.2. The number of amidine groups is 1. The van der Waals surface area contributed by atoms with Gasteiger partial charge in [0.25, 0.3) is 5.91 Å². The van der Waals surface area contributed by atoms with E-state index in [1.54, 1.807) is 0 Å². The predicted octanol–water partition coefficient (Wildman–Crippen LogP) is 5.24. The molecule has 6 heteroatoms. The number of hydrogen-bond acceptors (Lipinski definition) is 4. The molecule has 2 aromatic rings. The normalized spacial score (nSPS) is 18.2. The Hall–Kier alpha value is -2.08. The van der Waals surface area contributed by atoms with Crippen LogP contribution in [0.3, 0.4) is 0 Å². The van der Waals surface area contributed by atoms with Crippen LogP contribution in [-0.4, -0.2) is 47.1 Å². The molecule has 2 aliphatic heterocycles. The molecular weight excluding hydrogens is 426 g/mol. The lowest BCUT2D eigenvalue weighted by Crippen LogP contribution is -2.47. The number of unbranched alkanes of at least 4 members (excludes halogenated alkanes) is 1. The van der Waals surface area contributed by atoms with Crippen LogP contribution in [0.25, 0.3) is 6.08 Å². The third-order valence-corrected chi connectivity index (χ3v) is 6.64. The van der Waals surface area contributed by atoms with Crippen LogP contribution < -0.4 is 0 Å². The van der Waals surface area contributed by atoms with Gasteiger partial charge in [-0.15, -0.1) is 12.4 Å². The molecule has 1 fully saturated rings. The van der Waals surface area contributed by atoms with E-state index in [0.29, 0.717) is 0 Å². The first kappa shape index (κ1) is 23.6. The number of aliphatic imine (C=N–C) groups is 1. The summed E-state index contributed by atoms with van der Waals surface area (Å²) in [5.74, 6) is -0.114. The number of carbonyl (C=O) groups is 1. The van der Waals surface area contributed by atoms with Crippen molar-refractivity contribution in [3.05, 3.63) is 76.2 Å². The number of benzene rings is 2. The Balaban J connectivity index is 0.00000272. The number of amides is 1. The van der Waals surface area contributed by atoms with E-state index in [4.69, 9.17) is 0 Å². The zero-order valence-electron chi connectivity index (χ0n) is 18.0. The van der Waals surface area contributed by atoms with Crippen LogP contribution in [0.15, 0.2) is 64.5 Å². The summed E-state index contributed by atoms with van der Waals surface area (Å²) >= 11 is 1.51. The van der Waals surface area contributed by atoms with Crippen molar-refractivity contribution in [2.75, 3.05) is 26.2 Å². The molecule has 31 heavy (non-hydrogen) atoms. The molecule has 164 valence electrons. The van der Waals surface area contributed by atoms with Crippen molar-refractivity contribution >= 4 is 41.3 Å². The third-order valence-electron chi connectivity index (χ3n) is 5.60. The topological polar surface area (TPSA) is 35.9 Å². The van der Waals surface area contributed by atoms with Gasteiger partial charge in [-0.05, 0) is 47.4 Å². The Morgan fingerprint density at radius 2 is 1.68 bits per heavy atom. The van der Waals surface area contributed by atoms with E-state index in [1.807, 2.05) is 6.08 Å². The zero-order valence-corrected chi connectivity index (χ0v) is 19.6. The minimum atomic E-state index is -0.114. The van der Waals surface area contributed by atoms with Crippen LogP contribution >= 0.6 is 24.2 Å². The van der Waals surface area contributed by atoms with Crippen LogP contribution in [0.2, 0.25) is 0 Å². The first-order valence-corrected chi connectivity index (χ1v) is 11.7. The minimum Gasteiger partial charge on any atom is -0.348 e. The molecule has 0 aliphatic carbocycles. The van der Waals surface area contributed by atoms with E-state index >= 15 is 0 Å². The van der Waals surface area contributed by atoms with Gasteiger partial charge in [-0.3, -0.25) is 9.69 Å². The highest BCUT2D eigenvalue weighted by Crippen LogP contribution is 2.30. The standard InChI is InChI=1S/C25H29N3OS.ClH/c1-2-3-7-20-10-12-21(13-11-20)18-23-24(29)26-25(30-23)28-16-14-27(15-17-28)19-22-8-5-4-6-9-22;/h4-6,8-13,18H,2-3,7,14-17,19H2,1H3;1H. The van der Waals surface area contributed by atoms with E-state index in [0.717, 1.165) is 54.8 Å². The molecule has 2 aliphatic rings. The van der Waals surface area contributed by atoms with Gasteiger partial charge in [0.1, 0.15) is 0 Å². The fourth-order valence-corrected chi connectivity index (χ4v) is 4.75. The van der Waals surface area contributed by atoms with Crippen LogP contribution in [0.1, 0.15) is 36.5 Å². The largest absolute Gasteiger partial charge is 0.348 e. The Kier molecular flexibility index (Phi) is 8.76. The third kappa shape index (κ3) is 6.45. The second-order valence-electron chi connectivity index (χ2n) is 7.90. The fraction of sp³-hybridized carbons (Fsp3) is 0.360. The lowest BCUT2D eigenvalue weighted by atomic mass is 10.1. The summed E-state index contributed by atoms with van der Waals surface area (Å²) in [7, 11) is 0. The molecule has 2 heterocycles. The molecule has 0 unspecified atom stereocenters. The second-order valence-corrected chi connectivity index (χ2v) is 8.91. The van der Waals surface area contributed by atoms with E-state index in [2.05, 4.69) is 76.3 Å². The highest BCUT2D eigenvalue weighted by molar-refractivity contribution is 8.18. The van der Waals surface area contributed by atoms with Gasteiger partial charge in [-0.1, -0.05) is 67.9 Å². The Labute approximate surface area is 195 Å². The van der Waals surface area contributed by atoms with Crippen LogP contribution in [0.5, 0.6) is 0 Å². The minimum absolute atomic E-state index is 0. The first-order valence-electron chi connectivity index (χ1n) is 10.8. The number of carbonyl (C=O) groups excluding carboxylic acids is 1. The van der Waals surface area contributed by atoms with Crippen LogP contribution in [0, 0.1) is 0 Å². The molecule has 4 rings (SSSR count). The van der Waals surface area contributed by atoms with Gasteiger partial charge in [0, 0.05) is 32.7 Å². The average Bonchev–Trinajstić information content (AvgIpc) is 3.14. The second kappa shape index (κ2) is 11.5. The maximum atomic E-state index is 12.4. The smallest absolute Gasteiger partial charge is 0.286 e. The molecule has 4 nitrogen and oxygen atoms in total. The molecule has 1 saturated heterocycles. The summed E-state index contributed by atoms with van der Waals surface area (Å²) < 4.78 is 0. The maximum absolute atomic E-state index is 12.4. The monoisotopic (exact) mass is 455 g/mol. The number of rotatable bonds is 6. The van der Waals surface area contributed by atoms with Gasteiger partial charge in [0.05, 0.1) is 4.91 Å². The lowest BCUT2D eigenvalue weighted by molar-refractivity contribution is -0.113. The maximum Gasteiger partial charge on any atom is 0.286 e. The quantitative estimate of drug-likeness (QED) is 0.558. The van der Waals surface area contributed by atoms with Gasteiger partial charge >= 0.3 is 0 Å². The molecule has 0 N–H and O–H groups in total. The summed E-state index contributed by atoms with van der Waals surface area (Å²) in [5.41, 5.74) is 3.77. The van der Waals surface area contributed by atoms with E-state index in [1.165, 1.54) is 35.7 Å². The number of piperazine rings is 1. The van der Waals surface area contributed by atoms with Crippen LogP contribution in [0.4, 0.5) is 0 Å². The van der Waals surface area contributed by atoms with Crippen molar-refractivity contribution in [3.63, 3.8) is 0 Å². The highest BCUT2D eigenvalue weighted by atomic mass is 35.5. The molecular formula is C25H30ClN3OS. The van der Waals surface area contributed by atoms with E-state index < -0.39 is 0 Å². The number of aryl methyl sites for hydroxylation is 1. The molecule has 0 aromatic heterocycles. The number of thioether (sulfide) groups is 1. The molecule has 0 spiro atoms. The average molecular weight is 456 g/mol. The van der Waals surface area contributed by atoms with Gasteiger partial charge in [-0.2, -0.15) is 4.99 Å². The van der Waals surface area contributed by atoms with Crippen molar-refractivity contribution in [1.29, 1.82) is 0 Å². The van der Waals surface area contributed by atoms with Gasteiger partial charge < -0.3 is 4.90 Å². The van der Waals surface area contributed by atoms with Crippen molar-refractivity contribution in [3.8, 4) is 0 Å². The van der Waals surface area contributed by atoms with E-state index in [-0.39, 0.29) is 18.3 Å². The van der Waals surface area contributed by atoms with Crippen molar-refractivity contribution < 1.29 is 4.79 Å². The summed E-state index contributed by atoms with van der Waals surface area (Å²) in [5, 5.41) is 0.852. The molecule has 0 radical (unpaired) electrons. The number of nitrogens with zero attached hydrogens (tertiary/aromatic N) is 3. The van der Waals surface area contributed by atoms with Crippen LogP contribution in [-0.2, 0) is 17.8 Å².